The van der Waals surface area contributed by atoms with E-state index >= 15 is 0 Å². The van der Waals surface area contributed by atoms with E-state index in [-0.39, 0.29) is 11.8 Å². The third-order valence-electron chi connectivity index (χ3n) is 3.49. The van der Waals surface area contributed by atoms with Gasteiger partial charge < -0.3 is 9.47 Å². The summed E-state index contributed by atoms with van der Waals surface area (Å²) in [4.78, 5) is 2.17. The molecule has 1 rings (SSSR count). The van der Waals surface area contributed by atoms with Gasteiger partial charge in [-0.05, 0) is 44.2 Å². The Kier molecular flexibility index (Phi) is 7.68. The first-order valence-corrected chi connectivity index (χ1v) is 9.60. The van der Waals surface area contributed by atoms with Crippen molar-refractivity contribution >= 4 is 9.84 Å². The van der Waals surface area contributed by atoms with Gasteiger partial charge >= 0.3 is 0 Å². The van der Waals surface area contributed by atoms with Crippen molar-refractivity contribution in [1.82, 2.24) is 4.90 Å². The molecule has 0 aliphatic carbocycles. The monoisotopic (exact) mass is 329 g/mol. The fourth-order valence-electron chi connectivity index (χ4n) is 2.36. The van der Waals surface area contributed by atoms with Crippen LogP contribution in [0, 0.1) is 0 Å². The Labute approximate surface area is 134 Å². The first kappa shape index (κ1) is 18.8. The Balaban J connectivity index is 2.34. The summed E-state index contributed by atoms with van der Waals surface area (Å²) in [5.74, 6) is 1.81. The Morgan fingerprint density at radius 3 is 2.27 bits per heavy atom. The number of ether oxygens (including phenoxy) is 2. The summed E-state index contributed by atoms with van der Waals surface area (Å²) in [5.41, 5.74) is 0. The van der Waals surface area contributed by atoms with Gasteiger partial charge in [0.15, 0.2) is 0 Å². The van der Waals surface area contributed by atoms with Gasteiger partial charge in [0.2, 0.25) is 0 Å². The second kappa shape index (κ2) is 9.00. The lowest BCUT2D eigenvalue weighted by molar-refractivity contribution is 0.208. The average molecular weight is 329 g/mol. The van der Waals surface area contributed by atoms with Crippen LogP contribution in [-0.4, -0.2) is 58.2 Å². The molecule has 0 radical (unpaired) electrons. The fraction of sp³-hybridized carbons (Fsp3) is 0.625. The molecule has 0 fully saturated rings. The summed E-state index contributed by atoms with van der Waals surface area (Å²) in [6.45, 7) is 6.26. The smallest absolute Gasteiger partial charge is 0.148 e. The first-order valence-electron chi connectivity index (χ1n) is 7.54. The van der Waals surface area contributed by atoms with Crippen molar-refractivity contribution in [3.63, 3.8) is 0 Å². The normalized spacial score (nSPS) is 13.1. The van der Waals surface area contributed by atoms with E-state index in [0.29, 0.717) is 6.61 Å². The van der Waals surface area contributed by atoms with Gasteiger partial charge in [0.25, 0.3) is 0 Å². The highest BCUT2D eigenvalue weighted by Crippen LogP contribution is 2.17. The predicted octanol–water partition coefficient (Wildman–Crippen LogP) is 2.22. The Morgan fingerprint density at radius 1 is 1.18 bits per heavy atom. The number of hydrogen-bond donors (Lipinski definition) is 0. The zero-order chi connectivity index (χ0) is 16.6. The molecule has 0 aromatic heterocycles. The van der Waals surface area contributed by atoms with Crippen LogP contribution >= 0.6 is 0 Å². The van der Waals surface area contributed by atoms with Gasteiger partial charge in [0, 0.05) is 18.8 Å². The molecule has 0 bridgehead atoms. The topological polar surface area (TPSA) is 55.8 Å². The molecule has 5 nitrogen and oxygen atoms in total. The van der Waals surface area contributed by atoms with Crippen molar-refractivity contribution in [2.75, 3.05) is 38.8 Å². The summed E-state index contributed by atoms with van der Waals surface area (Å²) < 4.78 is 33.5. The molecule has 0 saturated heterocycles. The zero-order valence-electron chi connectivity index (χ0n) is 13.9. The largest absolute Gasteiger partial charge is 0.497 e. The minimum atomic E-state index is -2.94. The maximum absolute atomic E-state index is 11.4. The number of methoxy groups -OCH3 is 1. The average Bonchev–Trinajstić information content (AvgIpc) is 2.46. The van der Waals surface area contributed by atoms with Crippen LogP contribution in [0.1, 0.15) is 20.3 Å². The molecule has 0 N–H and O–H groups in total. The third kappa shape index (κ3) is 7.13. The van der Waals surface area contributed by atoms with Gasteiger partial charge in [-0.25, -0.2) is 8.42 Å². The summed E-state index contributed by atoms with van der Waals surface area (Å²) in [5, 5.41) is 0. The minimum absolute atomic E-state index is 0.0287. The van der Waals surface area contributed by atoms with Gasteiger partial charge in [-0.1, -0.05) is 6.92 Å². The molecule has 0 heterocycles. The van der Waals surface area contributed by atoms with Crippen LogP contribution in [-0.2, 0) is 9.84 Å². The Bertz CT molecular complexity index is 528. The van der Waals surface area contributed by atoms with Gasteiger partial charge in [-0.2, -0.15) is 0 Å². The van der Waals surface area contributed by atoms with Gasteiger partial charge in [-0.3, -0.25) is 4.90 Å². The lowest BCUT2D eigenvalue weighted by atomic mass is 10.3. The van der Waals surface area contributed by atoms with Crippen LogP contribution in [0.25, 0.3) is 0 Å². The molecule has 6 heteroatoms. The third-order valence-corrected chi connectivity index (χ3v) is 4.58. The molecule has 0 aliphatic rings. The van der Waals surface area contributed by atoms with Crippen molar-refractivity contribution in [2.45, 2.75) is 26.3 Å². The molecule has 1 unspecified atom stereocenters. The number of nitrogens with zero attached hydrogens (tertiary/aromatic N) is 1. The number of hydrogen-bond acceptors (Lipinski definition) is 5. The van der Waals surface area contributed by atoms with Crippen molar-refractivity contribution in [3.05, 3.63) is 24.3 Å². The molecule has 1 atom stereocenters. The SMILES string of the molecule is CCN(CCCOc1ccc(OC)cc1)C(C)CS(C)(=O)=O. The van der Waals surface area contributed by atoms with E-state index in [1.54, 1.807) is 7.11 Å². The highest BCUT2D eigenvalue weighted by Gasteiger charge is 2.16. The summed E-state index contributed by atoms with van der Waals surface area (Å²) in [7, 11) is -1.31. The van der Waals surface area contributed by atoms with Crippen LogP contribution in [0.4, 0.5) is 0 Å². The maximum Gasteiger partial charge on any atom is 0.148 e. The molecule has 0 saturated carbocycles. The highest BCUT2D eigenvalue weighted by molar-refractivity contribution is 7.90. The summed E-state index contributed by atoms with van der Waals surface area (Å²) >= 11 is 0. The Hall–Kier alpha value is -1.27. The van der Waals surface area contributed by atoms with Crippen LogP contribution in [0.2, 0.25) is 0 Å². The first-order chi connectivity index (χ1) is 10.4. The van der Waals surface area contributed by atoms with Crippen LogP contribution in [0.3, 0.4) is 0 Å². The Morgan fingerprint density at radius 2 is 1.77 bits per heavy atom. The van der Waals surface area contributed by atoms with Crippen molar-refractivity contribution in [2.24, 2.45) is 0 Å². The quantitative estimate of drug-likeness (QED) is 0.616. The predicted molar refractivity (Wildman–Crippen MR) is 89.5 cm³/mol. The van der Waals surface area contributed by atoms with E-state index in [1.807, 2.05) is 38.1 Å². The van der Waals surface area contributed by atoms with E-state index in [2.05, 4.69) is 4.90 Å². The molecular formula is C16H27NO4S. The van der Waals surface area contributed by atoms with E-state index in [4.69, 9.17) is 9.47 Å². The zero-order valence-corrected chi connectivity index (χ0v) is 14.7. The number of benzene rings is 1. The summed E-state index contributed by atoms with van der Waals surface area (Å²) in [6.07, 6.45) is 2.14. The summed E-state index contributed by atoms with van der Waals surface area (Å²) in [6, 6.07) is 7.51. The van der Waals surface area contributed by atoms with Crippen LogP contribution in [0.15, 0.2) is 24.3 Å². The molecule has 22 heavy (non-hydrogen) atoms. The molecule has 0 spiro atoms. The second-order valence-corrected chi connectivity index (χ2v) is 7.63. The van der Waals surface area contributed by atoms with Crippen LogP contribution < -0.4 is 9.47 Å². The molecule has 0 aliphatic heterocycles. The lowest BCUT2D eigenvalue weighted by Crippen LogP contribution is -2.38. The highest BCUT2D eigenvalue weighted by atomic mass is 32.2. The number of rotatable bonds is 10. The fourth-order valence-corrected chi connectivity index (χ4v) is 3.45. The van der Waals surface area contributed by atoms with Crippen molar-refractivity contribution in [1.29, 1.82) is 0 Å². The minimum Gasteiger partial charge on any atom is -0.497 e. The van der Waals surface area contributed by atoms with E-state index in [0.717, 1.165) is 31.0 Å². The van der Waals surface area contributed by atoms with Crippen molar-refractivity contribution in [3.8, 4) is 11.5 Å². The van der Waals surface area contributed by atoms with Gasteiger partial charge in [0.05, 0.1) is 19.5 Å². The van der Waals surface area contributed by atoms with E-state index in [9.17, 15) is 8.42 Å². The molecule has 126 valence electrons. The van der Waals surface area contributed by atoms with Crippen molar-refractivity contribution < 1.29 is 17.9 Å². The lowest BCUT2D eigenvalue weighted by Gasteiger charge is -2.27. The molecular weight excluding hydrogens is 302 g/mol. The standard InChI is InChI=1S/C16H27NO4S/c1-5-17(14(2)13-22(4,18)19)11-6-12-21-16-9-7-15(20-3)8-10-16/h7-10,14H,5-6,11-13H2,1-4H3. The second-order valence-electron chi connectivity index (χ2n) is 5.45. The molecule has 1 aromatic carbocycles. The van der Waals surface area contributed by atoms with E-state index in [1.165, 1.54) is 6.26 Å². The molecule has 0 amide bonds. The van der Waals surface area contributed by atoms with Gasteiger partial charge in [-0.15, -0.1) is 0 Å². The van der Waals surface area contributed by atoms with E-state index < -0.39 is 9.84 Å². The maximum atomic E-state index is 11.4. The number of sulfone groups is 1. The van der Waals surface area contributed by atoms with Crippen LogP contribution in [0.5, 0.6) is 11.5 Å². The molecule has 1 aromatic rings. The van der Waals surface area contributed by atoms with Gasteiger partial charge in [0.1, 0.15) is 21.3 Å².